The summed E-state index contributed by atoms with van der Waals surface area (Å²) in [5.74, 6) is 0. The van der Waals surface area contributed by atoms with Gasteiger partial charge in [-0.3, -0.25) is 4.98 Å². The summed E-state index contributed by atoms with van der Waals surface area (Å²) >= 11 is 1.74. The second-order valence-corrected chi connectivity index (χ2v) is 5.80. The van der Waals surface area contributed by atoms with Crippen molar-refractivity contribution in [2.45, 2.75) is 45.1 Å². The first-order valence-corrected chi connectivity index (χ1v) is 7.03. The van der Waals surface area contributed by atoms with Crippen molar-refractivity contribution in [2.75, 3.05) is 0 Å². The third-order valence-electron chi connectivity index (χ3n) is 3.25. The molecule has 0 spiro atoms. The summed E-state index contributed by atoms with van der Waals surface area (Å²) in [4.78, 5) is 5.38. The molecule has 0 amide bonds. The van der Waals surface area contributed by atoms with Crippen molar-refractivity contribution < 1.29 is 5.11 Å². The highest BCUT2D eigenvalue weighted by atomic mass is 32.1. The van der Waals surface area contributed by atoms with Crippen LogP contribution in [0.25, 0.3) is 10.1 Å². The molecular weight excluding hydrogens is 230 g/mol. The number of pyridine rings is 1. The molecule has 0 aliphatic rings. The zero-order valence-corrected chi connectivity index (χ0v) is 11.3. The Bertz CT molecular complexity index is 461. The van der Waals surface area contributed by atoms with E-state index >= 15 is 0 Å². The Morgan fingerprint density at radius 2 is 2.24 bits per heavy atom. The smallest absolute Gasteiger partial charge is 0.0693 e. The third-order valence-corrected chi connectivity index (χ3v) is 4.34. The number of aromatic nitrogens is 1. The lowest BCUT2D eigenvalue weighted by Gasteiger charge is -2.25. The Hall–Kier alpha value is -0.930. The van der Waals surface area contributed by atoms with Crippen LogP contribution in [0.4, 0.5) is 0 Å². The Labute approximate surface area is 106 Å². The molecule has 0 radical (unpaired) electrons. The minimum atomic E-state index is -0.539. The van der Waals surface area contributed by atoms with Gasteiger partial charge >= 0.3 is 0 Å². The highest BCUT2D eigenvalue weighted by Gasteiger charge is 2.24. The molecule has 0 saturated heterocycles. The lowest BCUT2D eigenvalue weighted by molar-refractivity contribution is 0.0278. The van der Waals surface area contributed by atoms with Gasteiger partial charge < -0.3 is 5.11 Å². The summed E-state index contributed by atoms with van der Waals surface area (Å²) in [7, 11) is 0. The van der Waals surface area contributed by atoms with Gasteiger partial charge in [-0.2, -0.15) is 0 Å². The molecule has 0 saturated carbocycles. The summed E-state index contributed by atoms with van der Waals surface area (Å²) in [6, 6.07) is 4.21. The van der Waals surface area contributed by atoms with E-state index in [2.05, 4.69) is 24.9 Å². The molecular formula is C14H19NOS. The number of fused-ring (bicyclic) bond motifs is 1. The predicted octanol–water partition coefficient (Wildman–Crippen LogP) is 3.78. The van der Waals surface area contributed by atoms with E-state index in [4.69, 9.17) is 0 Å². The molecule has 92 valence electrons. The first kappa shape index (κ1) is 12.5. The highest BCUT2D eigenvalue weighted by molar-refractivity contribution is 7.19. The normalized spacial score (nSPS) is 15.0. The van der Waals surface area contributed by atoms with Crippen molar-refractivity contribution in [3.8, 4) is 0 Å². The van der Waals surface area contributed by atoms with Crippen LogP contribution in [-0.4, -0.2) is 15.7 Å². The standard InChI is InChI=1S/C14H19NOS/c1-3-6-14(16,4-2)9-12-8-11-5-7-15-10-13(11)17-12/h5,7-8,10,16H,3-4,6,9H2,1-2H3. The molecule has 2 rings (SSSR count). The number of hydrogen-bond donors (Lipinski definition) is 1. The molecule has 2 nitrogen and oxygen atoms in total. The summed E-state index contributed by atoms with van der Waals surface area (Å²) in [5, 5.41) is 11.7. The van der Waals surface area contributed by atoms with Gasteiger partial charge in [-0.05, 0) is 30.4 Å². The van der Waals surface area contributed by atoms with Crippen molar-refractivity contribution in [2.24, 2.45) is 0 Å². The number of nitrogens with zero attached hydrogens (tertiary/aromatic N) is 1. The molecule has 1 atom stereocenters. The summed E-state index contributed by atoms with van der Waals surface area (Å²) < 4.78 is 1.21. The van der Waals surface area contributed by atoms with Crippen LogP contribution >= 0.6 is 11.3 Å². The second kappa shape index (κ2) is 5.15. The van der Waals surface area contributed by atoms with Gasteiger partial charge in [0.1, 0.15) is 0 Å². The summed E-state index contributed by atoms with van der Waals surface area (Å²) in [5.41, 5.74) is -0.539. The number of aliphatic hydroxyl groups is 1. The van der Waals surface area contributed by atoms with E-state index in [-0.39, 0.29) is 0 Å². The average molecular weight is 249 g/mol. The lowest BCUT2D eigenvalue weighted by Crippen LogP contribution is -2.29. The van der Waals surface area contributed by atoms with Crippen LogP contribution < -0.4 is 0 Å². The van der Waals surface area contributed by atoms with Crippen LogP contribution in [-0.2, 0) is 6.42 Å². The van der Waals surface area contributed by atoms with Crippen LogP contribution in [0.5, 0.6) is 0 Å². The van der Waals surface area contributed by atoms with E-state index in [0.717, 1.165) is 25.7 Å². The average Bonchev–Trinajstić information content (AvgIpc) is 2.71. The van der Waals surface area contributed by atoms with Gasteiger partial charge in [0.2, 0.25) is 0 Å². The van der Waals surface area contributed by atoms with Crippen molar-refractivity contribution in [1.82, 2.24) is 4.98 Å². The zero-order valence-electron chi connectivity index (χ0n) is 10.4. The lowest BCUT2D eigenvalue weighted by atomic mass is 9.90. The molecule has 2 aromatic heterocycles. The van der Waals surface area contributed by atoms with Gasteiger partial charge in [0.05, 0.1) is 10.3 Å². The first-order chi connectivity index (χ1) is 8.17. The molecule has 3 heteroatoms. The monoisotopic (exact) mass is 249 g/mol. The van der Waals surface area contributed by atoms with Gasteiger partial charge in [0, 0.05) is 23.7 Å². The minimum Gasteiger partial charge on any atom is -0.390 e. The molecule has 0 bridgehead atoms. The summed E-state index contributed by atoms with van der Waals surface area (Å²) in [6.07, 6.45) is 7.18. The first-order valence-electron chi connectivity index (χ1n) is 6.21. The molecule has 1 N–H and O–H groups in total. The molecule has 0 fully saturated rings. The third kappa shape index (κ3) is 2.85. The fourth-order valence-electron chi connectivity index (χ4n) is 2.21. The molecule has 0 aliphatic heterocycles. The molecule has 1 unspecified atom stereocenters. The SMILES string of the molecule is CCCC(O)(CC)Cc1cc2ccncc2s1. The highest BCUT2D eigenvalue weighted by Crippen LogP contribution is 2.30. The Balaban J connectivity index is 2.22. The van der Waals surface area contributed by atoms with Crippen LogP contribution in [0.15, 0.2) is 24.5 Å². The van der Waals surface area contributed by atoms with E-state index in [1.807, 2.05) is 18.5 Å². The molecule has 2 aromatic rings. The zero-order chi connectivity index (χ0) is 12.3. The number of thiophene rings is 1. The predicted molar refractivity (Wildman–Crippen MR) is 73.5 cm³/mol. The number of hydrogen-bond acceptors (Lipinski definition) is 3. The van der Waals surface area contributed by atoms with Crippen LogP contribution in [0.1, 0.15) is 38.0 Å². The fraction of sp³-hybridized carbons (Fsp3) is 0.500. The van der Waals surface area contributed by atoms with Gasteiger partial charge in [-0.15, -0.1) is 11.3 Å². The van der Waals surface area contributed by atoms with Crippen LogP contribution in [0, 0.1) is 0 Å². The van der Waals surface area contributed by atoms with Crippen LogP contribution in [0.3, 0.4) is 0 Å². The minimum absolute atomic E-state index is 0.539. The van der Waals surface area contributed by atoms with E-state index < -0.39 is 5.60 Å². The topological polar surface area (TPSA) is 33.1 Å². The van der Waals surface area contributed by atoms with Crippen molar-refractivity contribution >= 4 is 21.4 Å². The van der Waals surface area contributed by atoms with Gasteiger partial charge in [-0.25, -0.2) is 0 Å². The maximum absolute atomic E-state index is 10.5. The van der Waals surface area contributed by atoms with Crippen LogP contribution in [0.2, 0.25) is 0 Å². The van der Waals surface area contributed by atoms with Crippen molar-refractivity contribution in [1.29, 1.82) is 0 Å². The van der Waals surface area contributed by atoms with Gasteiger partial charge in [0.15, 0.2) is 0 Å². The quantitative estimate of drug-likeness (QED) is 0.874. The Morgan fingerprint density at radius 1 is 1.41 bits per heavy atom. The maximum Gasteiger partial charge on any atom is 0.0693 e. The fourth-order valence-corrected chi connectivity index (χ4v) is 3.37. The largest absolute Gasteiger partial charge is 0.390 e. The van der Waals surface area contributed by atoms with Crippen molar-refractivity contribution in [3.05, 3.63) is 29.4 Å². The Kier molecular flexibility index (Phi) is 3.79. The molecule has 0 aromatic carbocycles. The Morgan fingerprint density at radius 3 is 2.88 bits per heavy atom. The van der Waals surface area contributed by atoms with Crippen molar-refractivity contribution in [3.63, 3.8) is 0 Å². The maximum atomic E-state index is 10.5. The molecule has 2 heterocycles. The van der Waals surface area contributed by atoms with E-state index in [0.29, 0.717) is 0 Å². The van der Waals surface area contributed by atoms with Gasteiger partial charge in [-0.1, -0.05) is 20.3 Å². The molecule has 17 heavy (non-hydrogen) atoms. The summed E-state index contributed by atoms with van der Waals surface area (Å²) in [6.45, 7) is 4.18. The van der Waals surface area contributed by atoms with E-state index in [1.54, 1.807) is 11.3 Å². The number of rotatable bonds is 5. The van der Waals surface area contributed by atoms with E-state index in [9.17, 15) is 5.11 Å². The van der Waals surface area contributed by atoms with E-state index in [1.165, 1.54) is 15.0 Å². The van der Waals surface area contributed by atoms with Gasteiger partial charge in [0.25, 0.3) is 0 Å². The second-order valence-electron chi connectivity index (χ2n) is 4.63. The molecule has 0 aliphatic carbocycles.